The zero-order valence-electron chi connectivity index (χ0n) is 11.3. The van der Waals surface area contributed by atoms with Crippen molar-refractivity contribution in [2.45, 2.75) is 58.1 Å². The third-order valence-corrected chi connectivity index (χ3v) is 20.6. The zero-order chi connectivity index (χ0) is 12.6. The number of esters is 1. The minimum Gasteiger partial charge on any atom is -0.463 e. The molecular formula is C11H24O3Si2. The van der Waals surface area contributed by atoms with Crippen molar-refractivity contribution in [1.29, 1.82) is 0 Å². The molecule has 3 nitrogen and oxygen atoms in total. The highest BCUT2D eigenvalue weighted by atomic mass is 29.3. The van der Waals surface area contributed by atoms with Gasteiger partial charge in [0.2, 0.25) is 0 Å². The maximum absolute atomic E-state index is 10.9. The van der Waals surface area contributed by atoms with Crippen LogP contribution < -0.4 is 0 Å². The molecule has 1 fully saturated rings. The van der Waals surface area contributed by atoms with Crippen molar-refractivity contribution in [1.82, 2.24) is 0 Å². The van der Waals surface area contributed by atoms with E-state index in [1.165, 1.54) is 13.0 Å². The van der Waals surface area contributed by atoms with Gasteiger partial charge < -0.3 is 9.16 Å². The number of carbonyl (C=O) groups is 1. The number of hydrogen-bond acceptors (Lipinski definition) is 3. The van der Waals surface area contributed by atoms with Gasteiger partial charge in [-0.05, 0) is 26.4 Å². The predicted octanol–water partition coefficient (Wildman–Crippen LogP) is 2.72. The fraction of sp³-hybridized carbons (Fsp3) is 0.909. The van der Waals surface area contributed by atoms with Crippen molar-refractivity contribution in [2.24, 2.45) is 0 Å². The zero-order valence-corrected chi connectivity index (χ0v) is 13.3. The standard InChI is InChI=1S/C11H24O3Si2/c1-10(12)13-9-11(2)7-8-15(3,4)16(5,6)14-11/h7-9H2,1-6H3. The van der Waals surface area contributed by atoms with Gasteiger partial charge in [0, 0.05) is 6.92 Å². The van der Waals surface area contributed by atoms with E-state index in [0.29, 0.717) is 6.61 Å². The van der Waals surface area contributed by atoms with Gasteiger partial charge in [0.1, 0.15) is 6.61 Å². The summed E-state index contributed by atoms with van der Waals surface area (Å²) in [6, 6.07) is 1.28. The van der Waals surface area contributed by atoms with Crippen LogP contribution in [0.15, 0.2) is 0 Å². The minimum absolute atomic E-state index is 0.216. The van der Waals surface area contributed by atoms with Crippen molar-refractivity contribution in [2.75, 3.05) is 6.61 Å². The molecule has 5 heteroatoms. The molecule has 0 aliphatic carbocycles. The summed E-state index contributed by atoms with van der Waals surface area (Å²) in [4.78, 5) is 10.9. The first-order valence-electron chi connectivity index (χ1n) is 5.92. The van der Waals surface area contributed by atoms with Gasteiger partial charge in [-0.15, -0.1) is 0 Å². The van der Waals surface area contributed by atoms with E-state index in [2.05, 4.69) is 33.1 Å². The maximum atomic E-state index is 10.9. The van der Waals surface area contributed by atoms with E-state index in [-0.39, 0.29) is 11.6 Å². The Bertz CT molecular complexity index is 289. The van der Waals surface area contributed by atoms with Crippen LogP contribution in [0.4, 0.5) is 0 Å². The van der Waals surface area contributed by atoms with Crippen molar-refractivity contribution in [3.05, 3.63) is 0 Å². The SMILES string of the molecule is CC(=O)OCC1(C)CC[Si](C)(C)[Si](C)(C)O1. The highest BCUT2D eigenvalue weighted by Crippen LogP contribution is 2.38. The molecule has 1 saturated heterocycles. The Morgan fingerprint density at radius 1 is 1.38 bits per heavy atom. The van der Waals surface area contributed by atoms with Crippen LogP contribution >= 0.6 is 0 Å². The maximum Gasteiger partial charge on any atom is 0.302 e. The summed E-state index contributed by atoms with van der Waals surface area (Å²) in [7, 11) is -2.76. The monoisotopic (exact) mass is 260 g/mol. The predicted molar refractivity (Wildman–Crippen MR) is 70.5 cm³/mol. The second-order valence-electron chi connectivity index (χ2n) is 6.23. The smallest absolute Gasteiger partial charge is 0.302 e. The summed E-state index contributed by atoms with van der Waals surface area (Å²) in [6.07, 6.45) is 1.02. The first-order valence-corrected chi connectivity index (χ1v) is 13.0. The molecule has 0 bridgehead atoms. The molecule has 1 aliphatic heterocycles. The number of hydrogen-bond donors (Lipinski definition) is 0. The molecule has 16 heavy (non-hydrogen) atoms. The fourth-order valence-electron chi connectivity index (χ4n) is 2.04. The van der Waals surface area contributed by atoms with E-state index in [9.17, 15) is 4.79 Å². The molecule has 0 aromatic rings. The Hall–Kier alpha value is -0.136. The van der Waals surface area contributed by atoms with Crippen LogP contribution in [-0.2, 0) is 14.0 Å². The van der Waals surface area contributed by atoms with Gasteiger partial charge in [0.15, 0.2) is 7.83 Å². The largest absolute Gasteiger partial charge is 0.463 e. The third kappa shape index (κ3) is 2.95. The molecule has 1 atom stereocenters. The van der Waals surface area contributed by atoms with Gasteiger partial charge >= 0.3 is 5.97 Å². The van der Waals surface area contributed by atoms with Gasteiger partial charge in [-0.3, -0.25) is 4.79 Å². The van der Waals surface area contributed by atoms with Crippen molar-refractivity contribution in [3.8, 4) is 0 Å². The fourth-order valence-corrected chi connectivity index (χ4v) is 9.21. The van der Waals surface area contributed by atoms with Gasteiger partial charge in [0.05, 0.1) is 13.2 Å². The van der Waals surface area contributed by atoms with Crippen molar-refractivity contribution >= 4 is 21.4 Å². The van der Waals surface area contributed by atoms with Crippen LogP contribution in [0.2, 0.25) is 32.2 Å². The lowest BCUT2D eigenvalue weighted by Crippen LogP contribution is -2.65. The van der Waals surface area contributed by atoms with E-state index in [0.717, 1.165) is 6.42 Å². The molecule has 1 heterocycles. The molecule has 0 spiro atoms. The molecule has 0 N–H and O–H groups in total. The van der Waals surface area contributed by atoms with Gasteiger partial charge in [-0.2, -0.15) is 0 Å². The first kappa shape index (κ1) is 13.9. The average Bonchev–Trinajstić information content (AvgIpc) is 2.10. The third-order valence-electron chi connectivity index (χ3n) is 3.99. The number of ether oxygens (including phenoxy) is 1. The van der Waals surface area contributed by atoms with Crippen LogP contribution in [0.5, 0.6) is 0 Å². The average molecular weight is 260 g/mol. The van der Waals surface area contributed by atoms with Crippen LogP contribution in [0.25, 0.3) is 0 Å². The van der Waals surface area contributed by atoms with Crippen LogP contribution in [0.3, 0.4) is 0 Å². The van der Waals surface area contributed by atoms with Gasteiger partial charge in [-0.1, -0.05) is 19.1 Å². The Balaban J connectivity index is 2.70. The van der Waals surface area contributed by atoms with Crippen LogP contribution in [0.1, 0.15) is 20.3 Å². The van der Waals surface area contributed by atoms with Crippen molar-refractivity contribution in [3.63, 3.8) is 0 Å². The summed E-state index contributed by atoms with van der Waals surface area (Å²) >= 11 is 0. The van der Waals surface area contributed by atoms with E-state index in [1.807, 2.05) is 0 Å². The van der Waals surface area contributed by atoms with E-state index in [4.69, 9.17) is 9.16 Å². The molecule has 0 radical (unpaired) electrons. The summed E-state index contributed by atoms with van der Waals surface area (Å²) in [6.45, 7) is 13.4. The second-order valence-corrected chi connectivity index (χ2v) is 21.4. The van der Waals surface area contributed by atoms with Crippen LogP contribution in [0, 0.1) is 0 Å². The molecule has 1 aliphatic rings. The number of rotatable bonds is 2. The Morgan fingerprint density at radius 3 is 2.38 bits per heavy atom. The van der Waals surface area contributed by atoms with Crippen molar-refractivity contribution < 1.29 is 14.0 Å². The molecular weight excluding hydrogens is 236 g/mol. The van der Waals surface area contributed by atoms with E-state index in [1.54, 1.807) is 0 Å². The Kier molecular flexibility index (Phi) is 3.72. The highest BCUT2D eigenvalue weighted by molar-refractivity contribution is 7.38. The lowest BCUT2D eigenvalue weighted by atomic mass is 10.1. The normalized spacial score (nSPS) is 32.1. The summed E-state index contributed by atoms with van der Waals surface area (Å²) in [5, 5.41) is 0. The number of carbonyl (C=O) groups excluding carboxylic acids is 1. The molecule has 0 aromatic carbocycles. The van der Waals surface area contributed by atoms with Gasteiger partial charge in [-0.25, -0.2) is 0 Å². The molecule has 1 unspecified atom stereocenters. The topological polar surface area (TPSA) is 35.5 Å². The first-order chi connectivity index (χ1) is 7.08. The Morgan fingerprint density at radius 2 is 1.94 bits per heavy atom. The molecule has 0 amide bonds. The summed E-state index contributed by atoms with van der Waals surface area (Å²) < 4.78 is 11.5. The van der Waals surface area contributed by atoms with E-state index >= 15 is 0 Å². The summed E-state index contributed by atoms with van der Waals surface area (Å²) in [5.41, 5.74) is -0.246. The minimum atomic E-state index is -1.58. The molecule has 0 saturated carbocycles. The quantitative estimate of drug-likeness (QED) is 0.566. The highest BCUT2D eigenvalue weighted by Gasteiger charge is 2.51. The molecule has 1 rings (SSSR count). The lowest BCUT2D eigenvalue weighted by molar-refractivity contribution is -0.147. The van der Waals surface area contributed by atoms with Crippen LogP contribution in [-0.4, -0.2) is 33.6 Å². The van der Waals surface area contributed by atoms with Gasteiger partial charge in [0.25, 0.3) is 0 Å². The molecule has 94 valence electrons. The summed E-state index contributed by atoms with van der Waals surface area (Å²) in [5.74, 6) is -0.216. The lowest BCUT2D eigenvalue weighted by Gasteiger charge is -2.50. The second kappa shape index (κ2) is 4.27. The molecule has 0 aromatic heterocycles. The Labute approximate surface area is 100 Å². The van der Waals surface area contributed by atoms with E-state index < -0.39 is 15.4 Å².